The molecule has 2 rings (SSSR count). The smallest absolute Gasteiger partial charge is 0.312 e. The van der Waals surface area contributed by atoms with Gasteiger partial charge < -0.3 is 15.2 Å². The second-order valence-corrected chi connectivity index (χ2v) is 4.68. The van der Waals surface area contributed by atoms with Crippen LogP contribution in [0.15, 0.2) is 42.5 Å². The zero-order valence-corrected chi connectivity index (χ0v) is 11.9. The molecule has 0 aliphatic heterocycles. The van der Waals surface area contributed by atoms with Gasteiger partial charge in [0.05, 0.1) is 5.69 Å². The Hall–Kier alpha value is -2.96. The van der Waals surface area contributed by atoms with Crippen molar-refractivity contribution in [2.45, 2.75) is 13.0 Å². The van der Waals surface area contributed by atoms with Crippen LogP contribution in [0.2, 0.25) is 0 Å². The van der Waals surface area contributed by atoms with E-state index in [1.165, 1.54) is 24.3 Å². The fourth-order valence-corrected chi connectivity index (χ4v) is 1.77. The van der Waals surface area contributed by atoms with Crippen LogP contribution in [0.5, 0.6) is 5.75 Å². The molecular formula is C16H13F2NO4. The lowest BCUT2D eigenvalue weighted by atomic mass is 10.2. The Morgan fingerprint density at radius 1 is 1.09 bits per heavy atom. The summed E-state index contributed by atoms with van der Waals surface area (Å²) in [4.78, 5) is 21.7. The molecule has 0 aliphatic rings. The van der Waals surface area contributed by atoms with Crippen LogP contribution in [-0.2, 0) is 16.2 Å². The molecule has 1 amide bonds. The number of ether oxygens (including phenoxy) is 1. The molecule has 0 aromatic heterocycles. The standard InChI is InChI=1S/C16H13F2NO4/c17-11-3-1-10(2-4-11)9-23-12-5-6-14(13(18)7-12)19-15(20)8-16(21)22/h1-7H,8-9H2,(H,19,20)(H,21,22). The summed E-state index contributed by atoms with van der Waals surface area (Å²) < 4.78 is 32.0. The molecule has 0 spiro atoms. The van der Waals surface area contributed by atoms with Gasteiger partial charge in [0.25, 0.3) is 0 Å². The predicted molar refractivity (Wildman–Crippen MR) is 78.0 cm³/mol. The topological polar surface area (TPSA) is 75.6 Å². The Morgan fingerprint density at radius 3 is 2.39 bits per heavy atom. The number of carboxylic acid groups (broad SMARTS) is 1. The van der Waals surface area contributed by atoms with Gasteiger partial charge in [-0.05, 0) is 29.8 Å². The third-order valence-electron chi connectivity index (χ3n) is 2.85. The lowest BCUT2D eigenvalue weighted by molar-refractivity contribution is -0.139. The minimum absolute atomic E-state index is 0.129. The van der Waals surface area contributed by atoms with Crippen molar-refractivity contribution in [2.24, 2.45) is 0 Å². The largest absolute Gasteiger partial charge is 0.489 e. The van der Waals surface area contributed by atoms with Gasteiger partial charge in [-0.1, -0.05) is 12.1 Å². The van der Waals surface area contributed by atoms with E-state index >= 15 is 0 Å². The highest BCUT2D eigenvalue weighted by Gasteiger charge is 2.11. The van der Waals surface area contributed by atoms with Gasteiger partial charge in [0.15, 0.2) is 0 Å². The Kier molecular flexibility index (Phi) is 5.24. The van der Waals surface area contributed by atoms with Crippen LogP contribution in [0.1, 0.15) is 12.0 Å². The molecule has 2 aromatic carbocycles. The van der Waals surface area contributed by atoms with Crippen LogP contribution in [-0.4, -0.2) is 17.0 Å². The van der Waals surface area contributed by atoms with Gasteiger partial charge in [-0.15, -0.1) is 0 Å². The molecule has 0 saturated heterocycles. The molecule has 2 N–H and O–H groups in total. The van der Waals surface area contributed by atoms with Gasteiger partial charge in [0.1, 0.15) is 30.4 Å². The Morgan fingerprint density at radius 2 is 1.78 bits per heavy atom. The molecule has 0 fully saturated rings. The quantitative estimate of drug-likeness (QED) is 0.802. The number of carbonyl (C=O) groups is 2. The molecule has 2 aromatic rings. The van der Waals surface area contributed by atoms with E-state index in [0.29, 0.717) is 5.56 Å². The molecule has 120 valence electrons. The minimum Gasteiger partial charge on any atom is -0.489 e. The molecule has 0 heterocycles. The number of hydrogen-bond acceptors (Lipinski definition) is 3. The monoisotopic (exact) mass is 321 g/mol. The summed E-state index contributed by atoms with van der Waals surface area (Å²) in [5.74, 6) is -3.01. The van der Waals surface area contributed by atoms with E-state index < -0.39 is 24.1 Å². The highest BCUT2D eigenvalue weighted by molar-refractivity contribution is 6.01. The molecule has 0 unspecified atom stereocenters. The van der Waals surface area contributed by atoms with E-state index in [9.17, 15) is 18.4 Å². The van der Waals surface area contributed by atoms with Gasteiger partial charge in [-0.25, -0.2) is 8.78 Å². The van der Waals surface area contributed by atoms with Crippen LogP contribution < -0.4 is 10.1 Å². The maximum absolute atomic E-state index is 13.8. The van der Waals surface area contributed by atoms with E-state index in [0.717, 1.165) is 6.07 Å². The Balaban J connectivity index is 1.97. The number of anilines is 1. The molecule has 0 bridgehead atoms. The van der Waals surface area contributed by atoms with Crippen molar-refractivity contribution in [3.63, 3.8) is 0 Å². The number of carbonyl (C=O) groups excluding carboxylic acids is 1. The lowest BCUT2D eigenvalue weighted by Gasteiger charge is -2.09. The summed E-state index contributed by atoms with van der Waals surface area (Å²) in [7, 11) is 0. The number of hydrogen-bond donors (Lipinski definition) is 2. The van der Waals surface area contributed by atoms with Gasteiger partial charge in [0.2, 0.25) is 5.91 Å². The summed E-state index contributed by atoms with van der Waals surface area (Å²) in [5.41, 5.74) is 0.580. The third kappa shape index (κ3) is 5.06. The SMILES string of the molecule is O=C(O)CC(=O)Nc1ccc(OCc2ccc(F)cc2)cc1F. The molecule has 0 atom stereocenters. The highest BCUT2D eigenvalue weighted by atomic mass is 19.1. The summed E-state index contributed by atoms with van der Waals surface area (Å²) >= 11 is 0. The van der Waals surface area contributed by atoms with Crippen LogP contribution in [0.25, 0.3) is 0 Å². The number of carboxylic acids is 1. The molecule has 0 radical (unpaired) electrons. The zero-order valence-electron chi connectivity index (χ0n) is 11.9. The van der Waals surface area contributed by atoms with E-state index in [4.69, 9.17) is 9.84 Å². The van der Waals surface area contributed by atoms with Crippen LogP contribution in [0.3, 0.4) is 0 Å². The Labute approximate surface area is 130 Å². The highest BCUT2D eigenvalue weighted by Crippen LogP contribution is 2.21. The fourth-order valence-electron chi connectivity index (χ4n) is 1.77. The number of nitrogens with one attached hydrogen (secondary N) is 1. The summed E-state index contributed by atoms with van der Waals surface area (Å²) in [6.45, 7) is 0.129. The van der Waals surface area contributed by atoms with E-state index in [1.807, 2.05) is 0 Å². The maximum Gasteiger partial charge on any atom is 0.312 e. The zero-order chi connectivity index (χ0) is 16.8. The molecule has 0 aliphatic carbocycles. The van der Waals surface area contributed by atoms with Crippen molar-refractivity contribution in [3.8, 4) is 5.75 Å². The first-order chi connectivity index (χ1) is 10.9. The number of halogens is 2. The minimum atomic E-state index is -1.30. The maximum atomic E-state index is 13.8. The summed E-state index contributed by atoms with van der Waals surface area (Å²) in [6, 6.07) is 9.46. The molecular weight excluding hydrogens is 308 g/mol. The van der Waals surface area contributed by atoms with E-state index in [-0.39, 0.29) is 23.9 Å². The van der Waals surface area contributed by atoms with Crippen molar-refractivity contribution >= 4 is 17.6 Å². The van der Waals surface area contributed by atoms with Crippen molar-refractivity contribution in [2.75, 3.05) is 5.32 Å². The van der Waals surface area contributed by atoms with Gasteiger partial charge in [0, 0.05) is 6.07 Å². The second kappa shape index (κ2) is 7.35. The van der Waals surface area contributed by atoms with Crippen LogP contribution in [0.4, 0.5) is 14.5 Å². The van der Waals surface area contributed by atoms with Crippen LogP contribution in [0, 0.1) is 11.6 Å². The molecule has 23 heavy (non-hydrogen) atoms. The van der Waals surface area contributed by atoms with E-state index in [1.54, 1.807) is 12.1 Å². The average Bonchev–Trinajstić information content (AvgIpc) is 2.48. The first-order valence-corrected chi connectivity index (χ1v) is 6.62. The van der Waals surface area contributed by atoms with Gasteiger partial charge in [-0.3, -0.25) is 9.59 Å². The van der Waals surface area contributed by atoms with Crippen molar-refractivity contribution in [3.05, 3.63) is 59.7 Å². The molecule has 7 heteroatoms. The molecule has 0 saturated carbocycles. The summed E-state index contributed by atoms with van der Waals surface area (Å²) in [6.07, 6.45) is -0.748. The van der Waals surface area contributed by atoms with Crippen molar-refractivity contribution < 1.29 is 28.2 Å². The first-order valence-electron chi connectivity index (χ1n) is 6.62. The fraction of sp³-hybridized carbons (Fsp3) is 0.125. The van der Waals surface area contributed by atoms with Crippen molar-refractivity contribution in [1.29, 1.82) is 0 Å². The number of rotatable bonds is 6. The first kappa shape index (κ1) is 16.4. The average molecular weight is 321 g/mol. The van der Waals surface area contributed by atoms with Crippen molar-refractivity contribution in [1.82, 2.24) is 0 Å². The van der Waals surface area contributed by atoms with Gasteiger partial charge >= 0.3 is 5.97 Å². The predicted octanol–water partition coefficient (Wildman–Crippen LogP) is 2.96. The second-order valence-electron chi connectivity index (χ2n) is 4.68. The third-order valence-corrected chi connectivity index (χ3v) is 2.85. The number of benzene rings is 2. The summed E-state index contributed by atoms with van der Waals surface area (Å²) in [5, 5.41) is 10.6. The van der Waals surface area contributed by atoms with E-state index in [2.05, 4.69) is 5.32 Å². The molecule has 5 nitrogen and oxygen atoms in total. The normalized spacial score (nSPS) is 10.2. The lowest BCUT2D eigenvalue weighted by Crippen LogP contribution is -2.16. The number of aliphatic carboxylic acids is 1. The van der Waals surface area contributed by atoms with Gasteiger partial charge in [-0.2, -0.15) is 0 Å². The Bertz CT molecular complexity index is 717. The van der Waals surface area contributed by atoms with Crippen LogP contribution >= 0.6 is 0 Å². The number of amides is 1.